The van der Waals surface area contributed by atoms with E-state index in [1.807, 2.05) is 0 Å². The van der Waals surface area contributed by atoms with Gasteiger partial charge in [0, 0.05) is 20.3 Å². The Morgan fingerprint density at radius 2 is 2.10 bits per heavy atom. The molecule has 0 atom stereocenters. The van der Waals surface area contributed by atoms with Gasteiger partial charge in [0.05, 0.1) is 18.8 Å². The Balaban J connectivity index is 2.35. The number of carbonyl (C=O) groups is 1. The first kappa shape index (κ1) is 17.6. The van der Waals surface area contributed by atoms with Crippen molar-refractivity contribution in [2.75, 3.05) is 33.5 Å². The Hall–Kier alpha value is -1.48. The van der Waals surface area contributed by atoms with E-state index in [1.165, 1.54) is 12.1 Å². The summed E-state index contributed by atoms with van der Waals surface area (Å²) in [6.07, 6.45) is 0.602. The van der Waals surface area contributed by atoms with Gasteiger partial charge in [0.15, 0.2) is 0 Å². The molecular formula is C13H19BFNO5. The van der Waals surface area contributed by atoms with Crippen LogP contribution in [-0.2, 0) is 9.47 Å². The van der Waals surface area contributed by atoms with Gasteiger partial charge < -0.3 is 24.8 Å². The molecular weight excluding hydrogens is 280 g/mol. The van der Waals surface area contributed by atoms with Crippen LogP contribution in [-0.4, -0.2) is 56.5 Å². The lowest BCUT2D eigenvalue weighted by Gasteiger charge is -2.08. The molecule has 8 heteroatoms. The number of rotatable bonds is 9. The predicted molar refractivity (Wildman–Crippen MR) is 75.9 cm³/mol. The molecule has 1 amide bonds. The molecule has 6 nitrogen and oxygen atoms in total. The summed E-state index contributed by atoms with van der Waals surface area (Å²) in [6.45, 7) is 1.84. The second-order valence-electron chi connectivity index (χ2n) is 4.33. The minimum atomic E-state index is -1.76. The van der Waals surface area contributed by atoms with E-state index in [0.29, 0.717) is 32.8 Å². The van der Waals surface area contributed by atoms with E-state index in [4.69, 9.17) is 19.5 Å². The third-order valence-electron chi connectivity index (χ3n) is 2.72. The molecule has 0 radical (unpaired) electrons. The molecule has 0 aromatic heterocycles. The highest BCUT2D eigenvalue weighted by atomic mass is 19.1. The summed E-state index contributed by atoms with van der Waals surface area (Å²) in [6, 6.07) is 3.43. The summed E-state index contributed by atoms with van der Waals surface area (Å²) in [5, 5.41) is 20.4. The van der Waals surface area contributed by atoms with Gasteiger partial charge in [-0.2, -0.15) is 0 Å². The van der Waals surface area contributed by atoms with E-state index in [-0.39, 0.29) is 11.0 Å². The van der Waals surface area contributed by atoms with Crippen LogP contribution in [0.25, 0.3) is 0 Å². The van der Waals surface area contributed by atoms with Crippen LogP contribution in [0.2, 0.25) is 0 Å². The van der Waals surface area contributed by atoms with E-state index >= 15 is 0 Å². The second-order valence-corrected chi connectivity index (χ2v) is 4.33. The molecule has 0 aliphatic heterocycles. The van der Waals surface area contributed by atoms with Crippen LogP contribution in [0, 0.1) is 5.82 Å². The molecule has 0 spiro atoms. The highest BCUT2D eigenvalue weighted by Crippen LogP contribution is 2.05. The number of amides is 1. The second kappa shape index (κ2) is 9.46. The van der Waals surface area contributed by atoms with Crippen LogP contribution in [0.5, 0.6) is 0 Å². The molecule has 0 bridgehead atoms. The standard InChI is InChI=1S/C13H19BFNO5/c1-20-7-8-21-6-2-5-16-13(17)11-4-3-10(14(18)19)9-12(11)15/h3-4,9,18-19H,2,5-8H2,1H3,(H,16,17). The van der Waals surface area contributed by atoms with E-state index < -0.39 is 18.8 Å². The molecule has 116 valence electrons. The van der Waals surface area contributed by atoms with Gasteiger partial charge in [-0.05, 0) is 24.0 Å². The first-order chi connectivity index (χ1) is 10.1. The Kier molecular flexibility index (Phi) is 7.92. The van der Waals surface area contributed by atoms with Crippen LogP contribution in [0.1, 0.15) is 16.8 Å². The highest BCUT2D eigenvalue weighted by molar-refractivity contribution is 6.58. The third kappa shape index (κ3) is 6.22. The van der Waals surface area contributed by atoms with Crippen molar-refractivity contribution in [3.63, 3.8) is 0 Å². The maximum atomic E-state index is 13.7. The SMILES string of the molecule is COCCOCCCNC(=O)c1ccc(B(O)O)cc1F. The summed E-state index contributed by atoms with van der Waals surface area (Å²) >= 11 is 0. The largest absolute Gasteiger partial charge is 0.488 e. The monoisotopic (exact) mass is 299 g/mol. The van der Waals surface area contributed by atoms with Gasteiger partial charge in [0.1, 0.15) is 5.82 Å². The summed E-state index contributed by atoms with van der Waals surface area (Å²) in [5.74, 6) is -1.35. The third-order valence-corrected chi connectivity index (χ3v) is 2.72. The molecule has 0 heterocycles. The van der Waals surface area contributed by atoms with Crippen LogP contribution in [0.4, 0.5) is 4.39 Å². The fraction of sp³-hybridized carbons (Fsp3) is 0.462. The lowest BCUT2D eigenvalue weighted by Crippen LogP contribution is -2.32. The van der Waals surface area contributed by atoms with Crippen molar-refractivity contribution in [3.05, 3.63) is 29.6 Å². The maximum absolute atomic E-state index is 13.7. The van der Waals surface area contributed by atoms with Gasteiger partial charge in [-0.1, -0.05) is 6.07 Å². The summed E-state index contributed by atoms with van der Waals surface area (Å²) < 4.78 is 23.7. The zero-order valence-electron chi connectivity index (χ0n) is 11.8. The van der Waals surface area contributed by atoms with Crippen LogP contribution in [0.3, 0.4) is 0 Å². The van der Waals surface area contributed by atoms with Crippen LogP contribution < -0.4 is 10.8 Å². The van der Waals surface area contributed by atoms with E-state index in [2.05, 4.69) is 5.32 Å². The summed E-state index contributed by atoms with van der Waals surface area (Å²) in [7, 11) is -0.181. The molecule has 1 rings (SSSR count). The zero-order chi connectivity index (χ0) is 15.7. The maximum Gasteiger partial charge on any atom is 0.488 e. The summed E-state index contributed by atoms with van der Waals surface area (Å²) in [4.78, 5) is 11.7. The normalized spacial score (nSPS) is 10.5. The van der Waals surface area contributed by atoms with Crippen molar-refractivity contribution < 1.29 is 28.7 Å². The van der Waals surface area contributed by atoms with Gasteiger partial charge in [-0.25, -0.2) is 4.39 Å². The first-order valence-corrected chi connectivity index (χ1v) is 6.56. The topological polar surface area (TPSA) is 88.0 Å². The fourth-order valence-electron chi connectivity index (χ4n) is 1.59. The number of methoxy groups -OCH3 is 1. The van der Waals surface area contributed by atoms with E-state index in [1.54, 1.807) is 7.11 Å². The van der Waals surface area contributed by atoms with E-state index in [9.17, 15) is 9.18 Å². The Morgan fingerprint density at radius 3 is 2.71 bits per heavy atom. The molecule has 0 unspecified atom stereocenters. The average molecular weight is 299 g/mol. The van der Waals surface area contributed by atoms with Crippen LogP contribution in [0.15, 0.2) is 18.2 Å². The van der Waals surface area contributed by atoms with Crippen molar-refractivity contribution in [2.45, 2.75) is 6.42 Å². The number of nitrogens with one attached hydrogen (secondary N) is 1. The molecule has 0 saturated carbocycles. The predicted octanol–water partition coefficient (Wildman–Crippen LogP) is -0.712. The zero-order valence-corrected chi connectivity index (χ0v) is 11.8. The number of hydrogen-bond acceptors (Lipinski definition) is 5. The summed E-state index contributed by atoms with van der Waals surface area (Å²) in [5.41, 5.74) is -0.143. The highest BCUT2D eigenvalue weighted by Gasteiger charge is 2.16. The Labute approximate surface area is 123 Å². The van der Waals surface area contributed by atoms with Gasteiger partial charge in [0.25, 0.3) is 5.91 Å². The number of ether oxygens (including phenoxy) is 2. The van der Waals surface area contributed by atoms with Gasteiger partial charge in [0.2, 0.25) is 0 Å². The van der Waals surface area contributed by atoms with Crippen molar-refractivity contribution in [2.24, 2.45) is 0 Å². The van der Waals surface area contributed by atoms with Crippen molar-refractivity contribution in [1.82, 2.24) is 5.32 Å². The molecule has 0 aliphatic rings. The Morgan fingerprint density at radius 1 is 1.33 bits per heavy atom. The van der Waals surface area contributed by atoms with Crippen molar-refractivity contribution >= 4 is 18.5 Å². The number of carbonyl (C=O) groups excluding carboxylic acids is 1. The number of halogens is 1. The van der Waals surface area contributed by atoms with Gasteiger partial charge in [-0.3, -0.25) is 4.79 Å². The quantitative estimate of drug-likeness (QED) is 0.414. The first-order valence-electron chi connectivity index (χ1n) is 6.56. The molecule has 21 heavy (non-hydrogen) atoms. The minimum absolute atomic E-state index is 0.00408. The lowest BCUT2D eigenvalue weighted by atomic mass is 9.80. The molecule has 0 fully saturated rings. The number of hydrogen-bond donors (Lipinski definition) is 3. The van der Waals surface area contributed by atoms with E-state index in [0.717, 1.165) is 6.07 Å². The van der Waals surface area contributed by atoms with Gasteiger partial charge >= 0.3 is 7.12 Å². The molecule has 1 aromatic carbocycles. The molecule has 0 aliphatic carbocycles. The average Bonchev–Trinajstić information content (AvgIpc) is 2.45. The lowest BCUT2D eigenvalue weighted by molar-refractivity contribution is 0.0688. The van der Waals surface area contributed by atoms with Crippen molar-refractivity contribution in [1.29, 1.82) is 0 Å². The Bertz CT molecular complexity index is 458. The fourth-order valence-corrected chi connectivity index (χ4v) is 1.59. The van der Waals surface area contributed by atoms with Gasteiger partial charge in [-0.15, -0.1) is 0 Å². The van der Waals surface area contributed by atoms with Crippen molar-refractivity contribution in [3.8, 4) is 0 Å². The smallest absolute Gasteiger partial charge is 0.423 e. The minimum Gasteiger partial charge on any atom is -0.423 e. The molecule has 0 saturated heterocycles. The molecule has 3 N–H and O–H groups in total. The number of benzene rings is 1. The molecule has 1 aromatic rings. The van der Waals surface area contributed by atoms with Crippen LogP contribution >= 0.6 is 0 Å².